The van der Waals surface area contributed by atoms with Crippen molar-refractivity contribution in [3.63, 3.8) is 0 Å². The molecule has 20 heavy (non-hydrogen) atoms. The SMILES string of the molecule is CCC(C)c1cc(C(=O)N[C@H](C(=O)O)[C@@H](C)CC)on1. The number of aromatic nitrogens is 1. The lowest BCUT2D eigenvalue weighted by Crippen LogP contribution is -2.44. The summed E-state index contributed by atoms with van der Waals surface area (Å²) in [6, 6.07) is 0.642. The lowest BCUT2D eigenvalue weighted by Gasteiger charge is -2.19. The summed E-state index contributed by atoms with van der Waals surface area (Å²) in [4.78, 5) is 23.2. The standard InChI is InChI=1S/C14H22N2O4/c1-5-8(3)10-7-11(20-16-10)13(17)15-12(14(18)19)9(4)6-2/h7-9,12H,5-6H2,1-4H3,(H,15,17)(H,18,19)/t8?,9-,12-/m0/s1. The number of hydrogen-bond donors (Lipinski definition) is 2. The van der Waals surface area contributed by atoms with Crippen molar-refractivity contribution in [2.45, 2.75) is 52.5 Å². The number of hydrogen-bond acceptors (Lipinski definition) is 4. The Balaban J connectivity index is 2.79. The maximum absolute atomic E-state index is 12.0. The third kappa shape index (κ3) is 3.82. The molecule has 0 radical (unpaired) electrons. The summed E-state index contributed by atoms with van der Waals surface area (Å²) in [5, 5.41) is 15.5. The molecule has 0 aliphatic rings. The highest BCUT2D eigenvalue weighted by Gasteiger charge is 2.27. The van der Waals surface area contributed by atoms with Crippen LogP contribution in [0.1, 0.15) is 62.7 Å². The number of aliphatic carboxylic acids is 1. The van der Waals surface area contributed by atoms with E-state index in [1.54, 1.807) is 13.0 Å². The van der Waals surface area contributed by atoms with Gasteiger partial charge in [-0.25, -0.2) is 4.79 Å². The lowest BCUT2D eigenvalue weighted by atomic mass is 9.99. The van der Waals surface area contributed by atoms with E-state index in [4.69, 9.17) is 9.63 Å². The molecular weight excluding hydrogens is 260 g/mol. The fourth-order valence-electron chi connectivity index (χ4n) is 1.73. The van der Waals surface area contributed by atoms with Crippen molar-refractivity contribution < 1.29 is 19.2 Å². The zero-order valence-corrected chi connectivity index (χ0v) is 12.3. The highest BCUT2D eigenvalue weighted by molar-refractivity contribution is 5.94. The third-order valence-corrected chi connectivity index (χ3v) is 3.64. The van der Waals surface area contributed by atoms with Crippen molar-refractivity contribution in [3.8, 4) is 0 Å². The minimum Gasteiger partial charge on any atom is -0.480 e. The predicted octanol–water partition coefficient (Wildman–Crippen LogP) is 2.42. The van der Waals surface area contributed by atoms with Gasteiger partial charge in [-0.05, 0) is 12.3 Å². The minimum atomic E-state index is -1.05. The summed E-state index contributed by atoms with van der Waals surface area (Å²) in [6.45, 7) is 7.66. The Labute approximate surface area is 118 Å². The van der Waals surface area contributed by atoms with Crippen molar-refractivity contribution in [1.29, 1.82) is 0 Å². The molecule has 0 spiro atoms. The van der Waals surface area contributed by atoms with Crippen molar-refractivity contribution in [3.05, 3.63) is 17.5 Å². The van der Waals surface area contributed by atoms with E-state index in [-0.39, 0.29) is 17.6 Å². The van der Waals surface area contributed by atoms with Crippen LogP contribution in [0.4, 0.5) is 0 Å². The van der Waals surface area contributed by atoms with Gasteiger partial charge in [-0.3, -0.25) is 4.79 Å². The van der Waals surface area contributed by atoms with E-state index in [2.05, 4.69) is 10.5 Å². The molecule has 112 valence electrons. The van der Waals surface area contributed by atoms with Gasteiger partial charge in [0.1, 0.15) is 6.04 Å². The number of amides is 1. The van der Waals surface area contributed by atoms with Crippen LogP contribution in [0, 0.1) is 5.92 Å². The first kappa shape index (κ1) is 16.2. The molecule has 1 aromatic heterocycles. The second kappa shape index (κ2) is 7.07. The van der Waals surface area contributed by atoms with Crippen LogP contribution in [0.15, 0.2) is 10.6 Å². The maximum atomic E-state index is 12.0. The molecule has 0 aliphatic heterocycles. The van der Waals surface area contributed by atoms with Gasteiger partial charge < -0.3 is 14.9 Å². The number of carboxylic acids is 1. The summed E-state index contributed by atoms with van der Waals surface area (Å²) in [6.07, 6.45) is 1.55. The summed E-state index contributed by atoms with van der Waals surface area (Å²) in [5.74, 6) is -1.50. The molecule has 3 atom stereocenters. The molecule has 0 aromatic carbocycles. The van der Waals surface area contributed by atoms with E-state index >= 15 is 0 Å². The topological polar surface area (TPSA) is 92.4 Å². The Morgan fingerprint density at radius 3 is 2.50 bits per heavy atom. The monoisotopic (exact) mass is 282 g/mol. The van der Waals surface area contributed by atoms with Gasteiger partial charge in [0.05, 0.1) is 5.69 Å². The number of nitrogens with zero attached hydrogens (tertiary/aromatic N) is 1. The molecular formula is C14H22N2O4. The van der Waals surface area contributed by atoms with Crippen molar-refractivity contribution in [2.75, 3.05) is 0 Å². The smallest absolute Gasteiger partial charge is 0.326 e. The number of rotatable bonds is 7. The number of carbonyl (C=O) groups excluding carboxylic acids is 1. The van der Waals surface area contributed by atoms with E-state index in [0.29, 0.717) is 12.1 Å². The molecule has 6 nitrogen and oxygen atoms in total. The Bertz CT molecular complexity index is 469. The average Bonchev–Trinajstić information content (AvgIpc) is 2.92. The summed E-state index contributed by atoms with van der Waals surface area (Å²) >= 11 is 0. The first-order valence-corrected chi connectivity index (χ1v) is 6.90. The molecule has 6 heteroatoms. The van der Waals surface area contributed by atoms with Crippen molar-refractivity contribution >= 4 is 11.9 Å². The third-order valence-electron chi connectivity index (χ3n) is 3.64. The molecule has 1 heterocycles. The summed E-state index contributed by atoms with van der Waals surface area (Å²) in [7, 11) is 0. The zero-order valence-electron chi connectivity index (χ0n) is 12.3. The molecule has 0 aliphatic carbocycles. The average molecular weight is 282 g/mol. The van der Waals surface area contributed by atoms with Gasteiger partial charge in [0.15, 0.2) is 0 Å². The molecule has 0 fully saturated rings. The Morgan fingerprint density at radius 1 is 1.35 bits per heavy atom. The Kier molecular flexibility index (Phi) is 5.73. The van der Waals surface area contributed by atoms with Gasteiger partial charge in [0.2, 0.25) is 5.76 Å². The van der Waals surface area contributed by atoms with Crippen LogP contribution in [0.2, 0.25) is 0 Å². The van der Waals surface area contributed by atoms with Gasteiger partial charge in [0, 0.05) is 12.0 Å². The van der Waals surface area contributed by atoms with Crippen LogP contribution in [-0.2, 0) is 4.79 Å². The number of carboxylic acid groups (broad SMARTS) is 1. The van der Waals surface area contributed by atoms with E-state index < -0.39 is 17.9 Å². The zero-order chi connectivity index (χ0) is 15.3. The van der Waals surface area contributed by atoms with E-state index in [1.807, 2.05) is 20.8 Å². The molecule has 1 rings (SSSR count). The minimum absolute atomic E-state index is 0.0508. The van der Waals surface area contributed by atoms with E-state index in [0.717, 1.165) is 6.42 Å². The van der Waals surface area contributed by atoms with Gasteiger partial charge in [-0.2, -0.15) is 0 Å². The van der Waals surface area contributed by atoms with Crippen LogP contribution < -0.4 is 5.32 Å². The van der Waals surface area contributed by atoms with Crippen LogP contribution in [0.5, 0.6) is 0 Å². The molecule has 2 N–H and O–H groups in total. The normalized spacial score (nSPS) is 15.4. The molecule has 0 bridgehead atoms. The molecule has 0 saturated carbocycles. The highest BCUT2D eigenvalue weighted by Crippen LogP contribution is 2.18. The maximum Gasteiger partial charge on any atom is 0.326 e. The van der Waals surface area contributed by atoms with Gasteiger partial charge in [0.25, 0.3) is 5.91 Å². The molecule has 1 aromatic rings. The van der Waals surface area contributed by atoms with Crippen LogP contribution in [0.3, 0.4) is 0 Å². The van der Waals surface area contributed by atoms with Crippen molar-refractivity contribution in [1.82, 2.24) is 10.5 Å². The Morgan fingerprint density at radius 2 is 2.00 bits per heavy atom. The highest BCUT2D eigenvalue weighted by atomic mass is 16.5. The summed E-state index contributed by atoms with van der Waals surface area (Å²) < 4.78 is 4.99. The number of nitrogens with one attached hydrogen (secondary N) is 1. The van der Waals surface area contributed by atoms with Gasteiger partial charge in [-0.1, -0.05) is 39.3 Å². The second-order valence-corrected chi connectivity index (χ2v) is 5.10. The second-order valence-electron chi connectivity index (χ2n) is 5.10. The Hall–Kier alpha value is -1.85. The van der Waals surface area contributed by atoms with Crippen LogP contribution in [-0.4, -0.2) is 28.2 Å². The van der Waals surface area contributed by atoms with E-state index in [9.17, 15) is 9.59 Å². The van der Waals surface area contributed by atoms with Crippen LogP contribution >= 0.6 is 0 Å². The van der Waals surface area contributed by atoms with Gasteiger partial charge in [-0.15, -0.1) is 0 Å². The van der Waals surface area contributed by atoms with Gasteiger partial charge >= 0.3 is 5.97 Å². The summed E-state index contributed by atoms with van der Waals surface area (Å²) in [5.41, 5.74) is 0.702. The largest absolute Gasteiger partial charge is 0.480 e. The quantitative estimate of drug-likeness (QED) is 0.801. The fraction of sp³-hybridized carbons (Fsp3) is 0.643. The lowest BCUT2D eigenvalue weighted by molar-refractivity contribution is -0.140. The molecule has 1 amide bonds. The first-order valence-electron chi connectivity index (χ1n) is 6.90. The van der Waals surface area contributed by atoms with E-state index in [1.165, 1.54) is 0 Å². The first-order chi connectivity index (χ1) is 9.40. The fourth-order valence-corrected chi connectivity index (χ4v) is 1.73. The molecule has 1 unspecified atom stereocenters. The predicted molar refractivity (Wildman–Crippen MR) is 73.6 cm³/mol. The molecule has 0 saturated heterocycles. The van der Waals surface area contributed by atoms with Crippen LogP contribution in [0.25, 0.3) is 0 Å². The van der Waals surface area contributed by atoms with Crippen molar-refractivity contribution in [2.24, 2.45) is 5.92 Å². The number of carbonyl (C=O) groups is 2.